The molecular formula is C36H43F3N4O3. The fourth-order valence-corrected chi connectivity index (χ4v) is 5.90. The van der Waals surface area contributed by atoms with Crippen LogP contribution in [0.4, 0.5) is 35.9 Å². The molecular weight excluding hydrogens is 593 g/mol. The van der Waals surface area contributed by atoms with Crippen LogP contribution in [0.25, 0.3) is 5.70 Å². The van der Waals surface area contributed by atoms with Crippen molar-refractivity contribution in [3.05, 3.63) is 89.8 Å². The summed E-state index contributed by atoms with van der Waals surface area (Å²) in [5.41, 5.74) is 9.08. The maximum Gasteiger partial charge on any atom is 0.322 e. The van der Waals surface area contributed by atoms with E-state index >= 15 is 0 Å². The molecule has 0 aliphatic carbocycles. The molecule has 46 heavy (non-hydrogen) atoms. The van der Waals surface area contributed by atoms with Crippen LogP contribution in [0.15, 0.2) is 67.2 Å². The van der Waals surface area contributed by atoms with Crippen molar-refractivity contribution < 1.29 is 27.5 Å². The Morgan fingerprint density at radius 2 is 1.67 bits per heavy atom. The van der Waals surface area contributed by atoms with Gasteiger partial charge < -0.3 is 26.0 Å². The number of halogens is 3. The molecule has 0 unspecified atom stereocenters. The van der Waals surface area contributed by atoms with E-state index in [2.05, 4.69) is 31.1 Å². The van der Waals surface area contributed by atoms with E-state index in [1.807, 2.05) is 6.07 Å². The summed E-state index contributed by atoms with van der Waals surface area (Å²) in [4.78, 5) is 28.4. The van der Waals surface area contributed by atoms with Gasteiger partial charge in [-0.25, -0.2) is 4.39 Å². The highest BCUT2D eigenvalue weighted by atomic mass is 19.3. The van der Waals surface area contributed by atoms with E-state index < -0.39 is 29.6 Å². The second kappa shape index (κ2) is 15.3. The van der Waals surface area contributed by atoms with Crippen molar-refractivity contribution in [3.63, 3.8) is 0 Å². The van der Waals surface area contributed by atoms with Crippen LogP contribution in [0.5, 0.6) is 0 Å². The van der Waals surface area contributed by atoms with Crippen LogP contribution in [0.1, 0.15) is 86.7 Å². The molecule has 1 aliphatic heterocycles. The third kappa shape index (κ3) is 8.28. The molecule has 0 aromatic heterocycles. The van der Waals surface area contributed by atoms with Gasteiger partial charge in [-0.1, -0.05) is 51.5 Å². The van der Waals surface area contributed by atoms with Gasteiger partial charge in [0, 0.05) is 48.8 Å². The fraction of sp³-hybridized carbons (Fsp3) is 0.389. The SMILES string of the molecule is C=C(NC(=O)c1ccc(C(CCC)CCC)cc1N(C(=O)C(C)(F)F)C1CCOCC1)c1ccc(Nc2ccccc2F)cc1N. The van der Waals surface area contributed by atoms with Gasteiger partial charge in [0.1, 0.15) is 5.82 Å². The second-order valence-corrected chi connectivity index (χ2v) is 11.8. The first-order chi connectivity index (χ1) is 21.9. The minimum Gasteiger partial charge on any atom is -0.398 e. The van der Waals surface area contributed by atoms with Crippen LogP contribution in [0, 0.1) is 5.82 Å². The predicted molar refractivity (Wildman–Crippen MR) is 178 cm³/mol. The van der Waals surface area contributed by atoms with Crippen LogP contribution in [0.2, 0.25) is 0 Å². The molecule has 4 N–H and O–H groups in total. The van der Waals surface area contributed by atoms with Gasteiger partial charge in [0.2, 0.25) is 0 Å². The maximum absolute atomic E-state index is 14.7. The zero-order valence-electron chi connectivity index (χ0n) is 26.7. The lowest BCUT2D eigenvalue weighted by Crippen LogP contribution is -2.50. The average molecular weight is 637 g/mol. The minimum absolute atomic E-state index is 0.0668. The number of nitrogens with two attached hydrogens (primary N) is 1. The van der Waals surface area contributed by atoms with Crippen molar-refractivity contribution in [2.24, 2.45) is 0 Å². The summed E-state index contributed by atoms with van der Waals surface area (Å²) in [7, 11) is 0. The number of nitrogens with zero attached hydrogens (tertiary/aromatic N) is 1. The van der Waals surface area contributed by atoms with E-state index in [0.717, 1.165) is 36.1 Å². The molecule has 1 aliphatic rings. The number of nitrogens with one attached hydrogen (secondary N) is 2. The largest absolute Gasteiger partial charge is 0.398 e. The van der Waals surface area contributed by atoms with Gasteiger partial charge in [0.05, 0.1) is 16.9 Å². The Balaban J connectivity index is 1.70. The van der Waals surface area contributed by atoms with Crippen LogP contribution in [-0.2, 0) is 9.53 Å². The van der Waals surface area contributed by atoms with Gasteiger partial charge in [-0.2, -0.15) is 8.78 Å². The van der Waals surface area contributed by atoms with Gasteiger partial charge >= 0.3 is 5.92 Å². The summed E-state index contributed by atoms with van der Waals surface area (Å²) in [6.45, 7) is 9.38. The number of para-hydroxylation sites is 1. The summed E-state index contributed by atoms with van der Waals surface area (Å²) in [6, 6.07) is 15.7. The number of amides is 2. The molecule has 3 aromatic carbocycles. The Bertz CT molecular complexity index is 1540. The van der Waals surface area contributed by atoms with Crippen molar-refractivity contribution in [1.82, 2.24) is 5.32 Å². The van der Waals surface area contributed by atoms with Gasteiger partial charge in [-0.15, -0.1) is 0 Å². The number of nitrogen functional groups attached to an aromatic ring is 1. The molecule has 0 spiro atoms. The number of hydrogen-bond donors (Lipinski definition) is 3. The number of carbonyl (C=O) groups excluding carboxylic acids is 2. The van der Waals surface area contributed by atoms with Crippen LogP contribution < -0.4 is 21.3 Å². The van der Waals surface area contributed by atoms with Crippen molar-refractivity contribution in [2.75, 3.05) is 29.2 Å². The third-order valence-electron chi connectivity index (χ3n) is 8.22. The monoisotopic (exact) mass is 636 g/mol. The van der Waals surface area contributed by atoms with E-state index in [1.165, 1.54) is 6.07 Å². The number of anilines is 4. The first kappa shape index (κ1) is 34.6. The maximum atomic E-state index is 14.7. The molecule has 1 saturated heterocycles. The zero-order valence-corrected chi connectivity index (χ0v) is 26.7. The standard InChI is InChI=1S/C36H43F3N4O3/c1-5-9-24(10-6-2)25-13-15-29(33(21-25)43(35(45)36(4,38)39)27-17-19-46-20-18-27)34(44)41-23(3)28-16-14-26(22-31(28)40)42-32-12-8-7-11-30(32)37/h7-8,11-16,21-22,24,27,42H,3,5-6,9-10,17-20,40H2,1-2,4H3,(H,41,44). The number of ether oxygens (including phenoxy) is 1. The number of rotatable bonds is 13. The van der Waals surface area contributed by atoms with Crippen molar-refractivity contribution >= 4 is 40.3 Å². The van der Waals surface area contributed by atoms with Gasteiger partial charge in [0.15, 0.2) is 0 Å². The predicted octanol–water partition coefficient (Wildman–Crippen LogP) is 8.40. The molecule has 0 radical (unpaired) electrons. The van der Waals surface area contributed by atoms with Crippen LogP contribution >= 0.6 is 0 Å². The van der Waals surface area contributed by atoms with E-state index in [-0.39, 0.29) is 34.2 Å². The van der Waals surface area contributed by atoms with E-state index in [4.69, 9.17) is 10.5 Å². The molecule has 7 nitrogen and oxygen atoms in total. The lowest BCUT2D eigenvalue weighted by Gasteiger charge is -2.37. The fourth-order valence-electron chi connectivity index (χ4n) is 5.90. The normalized spacial score (nSPS) is 13.8. The second-order valence-electron chi connectivity index (χ2n) is 11.8. The first-order valence-electron chi connectivity index (χ1n) is 15.8. The van der Waals surface area contributed by atoms with Crippen molar-refractivity contribution in [1.29, 1.82) is 0 Å². The molecule has 3 aromatic rings. The molecule has 1 heterocycles. The Hall–Kier alpha value is -4.31. The highest BCUT2D eigenvalue weighted by Crippen LogP contribution is 2.36. The van der Waals surface area contributed by atoms with Crippen LogP contribution in [0.3, 0.4) is 0 Å². The summed E-state index contributed by atoms with van der Waals surface area (Å²) in [5.74, 6) is -5.93. The number of alkyl halides is 2. The molecule has 246 valence electrons. The van der Waals surface area contributed by atoms with E-state index in [9.17, 15) is 22.8 Å². The van der Waals surface area contributed by atoms with Crippen molar-refractivity contribution in [3.8, 4) is 0 Å². The van der Waals surface area contributed by atoms with E-state index in [1.54, 1.807) is 48.5 Å². The summed E-state index contributed by atoms with van der Waals surface area (Å²) < 4.78 is 49.1. The highest BCUT2D eigenvalue weighted by molar-refractivity contribution is 6.09. The lowest BCUT2D eigenvalue weighted by atomic mass is 9.88. The number of hydrogen-bond acceptors (Lipinski definition) is 5. The summed E-state index contributed by atoms with van der Waals surface area (Å²) >= 11 is 0. The Kier molecular flexibility index (Phi) is 11.5. The molecule has 0 saturated carbocycles. The molecule has 4 rings (SSSR count). The van der Waals surface area contributed by atoms with Crippen LogP contribution in [-0.4, -0.2) is 37.0 Å². The van der Waals surface area contributed by atoms with Gasteiger partial charge in [0.25, 0.3) is 11.8 Å². The summed E-state index contributed by atoms with van der Waals surface area (Å²) in [6.07, 6.45) is 4.33. The molecule has 2 amide bonds. The quantitative estimate of drug-likeness (QED) is 0.164. The smallest absolute Gasteiger partial charge is 0.322 e. The zero-order chi connectivity index (χ0) is 33.4. The molecule has 1 fully saturated rings. The molecule has 10 heteroatoms. The molecule has 0 bridgehead atoms. The van der Waals surface area contributed by atoms with Gasteiger partial charge in [-0.05, 0) is 79.6 Å². The Morgan fingerprint density at radius 1 is 1.02 bits per heavy atom. The minimum atomic E-state index is -3.66. The number of benzene rings is 3. The number of carbonyl (C=O) groups is 2. The third-order valence-corrected chi connectivity index (χ3v) is 8.22. The molecule has 0 atom stereocenters. The average Bonchev–Trinajstić information content (AvgIpc) is 3.02. The lowest BCUT2D eigenvalue weighted by molar-refractivity contribution is -0.141. The van der Waals surface area contributed by atoms with E-state index in [0.29, 0.717) is 44.2 Å². The first-order valence-corrected chi connectivity index (χ1v) is 15.8. The topological polar surface area (TPSA) is 96.7 Å². The van der Waals surface area contributed by atoms with Gasteiger partial charge in [-0.3, -0.25) is 9.59 Å². The summed E-state index contributed by atoms with van der Waals surface area (Å²) in [5, 5.41) is 5.73. The Labute approximate surface area is 269 Å². The highest BCUT2D eigenvalue weighted by Gasteiger charge is 2.42. The Morgan fingerprint density at radius 3 is 2.28 bits per heavy atom. The van der Waals surface area contributed by atoms with Crippen molar-refractivity contribution in [2.45, 2.75) is 77.2 Å².